The van der Waals surface area contributed by atoms with Crippen LogP contribution in [0.2, 0.25) is 0 Å². The van der Waals surface area contributed by atoms with Crippen LogP contribution in [0.3, 0.4) is 0 Å². The van der Waals surface area contributed by atoms with Gasteiger partial charge in [-0.15, -0.1) is 0 Å². The number of phenols is 4. The molecule has 8 heteroatoms. The largest absolute Gasteiger partial charge is 0.508 e. The number of benzene rings is 4. The normalized spacial score (nSPS) is 19.5. The predicted octanol–water partition coefficient (Wildman–Crippen LogP) is 5.55. The zero-order valence-corrected chi connectivity index (χ0v) is 22.1. The molecular weight excluding hydrogens is 512 g/mol. The summed E-state index contributed by atoms with van der Waals surface area (Å²) in [5.41, 5.74) is 3.95. The van der Waals surface area contributed by atoms with Crippen LogP contribution in [0.4, 0.5) is 0 Å². The van der Waals surface area contributed by atoms with Gasteiger partial charge in [0, 0.05) is 64.3 Å². The van der Waals surface area contributed by atoms with Gasteiger partial charge in [0.25, 0.3) is 0 Å². The molecule has 0 spiro atoms. The first-order chi connectivity index (χ1) is 19.4. The smallest absolute Gasteiger partial charge is 0.126 e. The van der Waals surface area contributed by atoms with Gasteiger partial charge >= 0.3 is 0 Å². The van der Waals surface area contributed by atoms with E-state index >= 15 is 0 Å². The lowest BCUT2D eigenvalue weighted by Gasteiger charge is -2.36. The molecule has 0 fully saturated rings. The van der Waals surface area contributed by atoms with Gasteiger partial charge in [-0.25, -0.2) is 0 Å². The van der Waals surface area contributed by atoms with Crippen LogP contribution in [0.25, 0.3) is 0 Å². The van der Waals surface area contributed by atoms with Gasteiger partial charge in [0.05, 0.1) is 27.4 Å². The molecule has 4 N–H and O–H groups in total. The van der Waals surface area contributed by atoms with Gasteiger partial charge in [-0.05, 0) is 36.2 Å². The SMILES string of the molecule is COc1ccc([C@H]2COc3cc(O)ccc3[C@@H]2c2cc([C@H]3COc4cc(O)ccc4C3)c(O)cc2OC)c(O)c1. The van der Waals surface area contributed by atoms with E-state index in [-0.39, 0.29) is 47.4 Å². The fourth-order valence-electron chi connectivity index (χ4n) is 5.93. The molecule has 6 rings (SSSR count). The van der Waals surface area contributed by atoms with Gasteiger partial charge in [0.15, 0.2) is 0 Å². The molecule has 0 saturated heterocycles. The van der Waals surface area contributed by atoms with E-state index in [9.17, 15) is 20.4 Å². The molecule has 0 bridgehead atoms. The predicted molar refractivity (Wildman–Crippen MR) is 148 cm³/mol. The number of rotatable bonds is 5. The Morgan fingerprint density at radius 1 is 0.650 bits per heavy atom. The fourth-order valence-corrected chi connectivity index (χ4v) is 5.93. The van der Waals surface area contributed by atoms with Crippen LogP contribution in [-0.4, -0.2) is 47.9 Å². The third kappa shape index (κ3) is 4.45. The summed E-state index contributed by atoms with van der Waals surface area (Å²) in [6.07, 6.45) is 0.621. The Hall–Kier alpha value is -4.72. The van der Waals surface area contributed by atoms with Gasteiger partial charge < -0.3 is 39.4 Å². The summed E-state index contributed by atoms with van der Waals surface area (Å²) >= 11 is 0. The van der Waals surface area contributed by atoms with Crippen LogP contribution in [0, 0.1) is 0 Å². The molecule has 0 saturated carbocycles. The van der Waals surface area contributed by atoms with E-state index in [1.54, 1.807) is 56.7 Å². The molecule has 2 aliphatic heterocycles. The van der Waals surface area contributed by atoms with E-state index in [0.717, 1.165) is 16.7 Å². The molecule has 0 aromatic heterocycles. The minimum absolute atomic E-state index is 0.0821. The maximum Gasteiger partial charge on any atom is 0.126 e. The van der Waals surface area contributed by atoms with Crippen molar-refractivity contribution in [1.82, 2.24) is 0 Å². The average molecular weight is 543 g/mol. The molecule has 0 amide bonds. The lowest BCUT2D eigenvalue weighted by Crippen LogP contribution is -2.26. The Kier molecular flexibility index (Phi) is 6.46. The van der Waals surface area contributed by atoms with Gasteiger partial charge in [-0.2, -0.15) is 0 Å². The molecule has 40 heavy (non-hydrogen) atoms. The fraction of sp³-hybridized carbons (Fsp3) is 0.250. The van der Waals surface area contributed by atoms with Crippen LogP contribution >= 0.6 is 0 Å². The molecule has 8 nitrogen and oxygen atoms in total. The monoisotopic (exact) mass is 542 g/mol. The Labute approximate surface area is 231 Å². The summed E-state index contributed by atoms with van der Waals surface area (Å²) in [5, 5.41) is 42.1. The van der Waals surface area contributed by atoms with Crippen LogP contribution in [-0.2, 0) is 6.42 Å². The van der Waals surface area contributed by atoms with Gasteiger partial charge in [-0.3, -0.25) is 0 Å². The van der Waals surface area contributed by atoms with Crippen molar-refractivity contribution in [1.29, 1.82) is 0 Å². The molecule has 3 atom stereocenters. The standard InChI is InChI=1S/C32H30O8/c1-37-21-6-8-22(27(35)12-21)26-16-40-31-11-20(34)5-7-23(31)32(26)25-13-24(28(36)14-30(25)38-2)18-9-17-3-4-19(33)10-29(17)39-15-18/h3-8,10-14,18,26,32-36H,9,15-16H2,1-2H3/t18-,26-,32-/m1/s1. The summed E-state index contributed by atoms with van der Waals surface area (Å²) in [6.45, 7) is 0.570. The lowest BCUT2D eigenvalue weighted by molar-refractivity contribution is 0.242. The first-order valence-corrected chi connectivity index (χ1v) is 13.0. The van der Waals surface area contributed by atoms with Crippen molar-refractivity contribution < 1.29 is 39.4 Å². The second-order valence-corrected chi connectivity index (χ2v) is 10.2. The van der Waals surface area contributed by atoms with E-state index in [0.29, 0.717) is 47.2 Å². The van der Waals surface area contributed by atoms with E-state index < -0.39 is 0 Å². The number of ether oxygens (including phenoxy) is 4. The van der Waals surface area contributed by atoms with Crippen LogP contribution in [0.15, 0.2) is 66.7 Å². The molecular formula is C32H30O8. The summed E-state index contributed by atoms with van der Waals surface area (Å²) in [7, 11) is 3.10. The Balaban J connectivity index is 1.49. The molecule has 2 aliphatic rings. The molecule has 0 aliphatic carbocycles. The highest BCUT2D eigenvalue weighted by molar-refractivity contribution is 5.58. The van der Waals surface area contributed by atoms with Crippen molar-refractivity contribution in [3.05, 3.63) is 94.5 Å². The highest BCUT2D eigenvalue weighted by atomic mass is 16.5. The second kappa shape index (κ2) is 10.1. The van der Waals surface area contributed by atoms with Gasteiger partial charge in [-0.1, -0.05) is 18.2 Å². The lowest BCUT2D eigenvalue weighted by atomic mass is 9.74. The Bertz CT molecular complexity index is 1580. The quantitative estimate of drug-likeness (QED) is 0.259. The third-order valence-corrected chi connectivity index (χ3v) is 7.90. The summed E-state index contributed by atoms with van der Waals surface area (Å²) in [5.74, 6) is 1.81. The number of methoxy groups -OCH3 is 2. The molecule has 206 valence electrons. The van der Waals surface area contributed by atoms with Crippen LogP contribution < -0.4 is 18.9 Å². The average Bonchev–Trinajstić information content (AvgIpc) is 2.96. The van der Waals surface area contributed by atoms with Crippen molar-refractivity contribution in [2.45, 2.75) is 24.2 Å². The molecule has 0 radical (unpaired) electrons. The zero-order valence-electron chi connectivity index (χ0n) is 22.1. The van der Waals surface area contributed by atoms with E-state index in [2.05, 4.69) is 0 Å². The Morgan fingerprint density at radius 3 is 2.10 bits per heavy atom. The number of aromatic hydroxyl groups is 4. The van der Waals surface area contributed by atoms with Crippen molar-refractivity contribution in [2.24, 2.45) is 0 Å². The van der Waals surface area contributed by atoms with Crippen molar-refractivity contribution in [3.8, 4) is 46.0 Å². The van der Waals surface area contributed by atoms with Crippen LogP contribution in [0.5, 0.6) is 46.0 Å². The van der Waals surface area contributed by atoms with E-state index in [1.807, 2.05) is 24.3 Å². The van der Waals surface area contributed by atoms with E-state index in [1.165, 1.54) is 0 Å². The minimum Gasteiger partial charge on any atom is -0.508 e. The number of phenolic OH excluding ortho intramolecular Hbond substituents is 4. The van der Waals surface area contributed by atoms with E-state index in [4.69, 9.17) is 18.9 Å². The molecule has 0 unspecified atom stereocenters. The first-order valence-electron chi connectivity index (χ1n) is 13.0. The van der Waals surface area contributed by atoms with Gasteiger partial charge in [0.2, 0.25) is 0 Å². The third-order valence-electron chi connectivity index (χ3n) is 7.90. The summed E-state index contributed by atoms with van der Waals surface area (Å²) < 4.78 is 23.1. The molecule has 4 aromatic carbocycles. The number of fused-ring (bicyclic) bond motifs is 2. The first kappa shape index (κ1) is 25.6. The molecule has 2 heterocycles. The summed E-state index contributed by atoms with van der Waals surface area (Å²) in [4.78, 5) is 0. The molecule has 4 aromatic rings. The second-order valence-electron chi connectivity index (χ2n) is 10.2. The van der Waals surface area contributed by atoms with Crippen molar-refractivity contribution >= 4 is 0 Å². The number of hydrogen-bond donors (Lipinski definition) is 4. The highest BCUT2D eigenvalue weighted by Gasteiger charge is 2.38. The van der Waals surface area contributed by atoms with Crippen LogP contribution in [0.1, 0.15) is 45.6 Å². The Morgan fingerprint density at radius 2 is 1.35 bits per heavy atom. The van der Waals surface area contributed by atoms with Crippen molar-refractivity contribution in [3.63, 3.8) is 0 Å². The topological polar surface area (TPSA) is 118 Å². The maximum atomic E-state index is 11.1. The minimum atomic E-state index is -0.341. The summed E-state index contributed by atoms with van der Waals surface area (Å²) in [6, 6.07) is 18.9. The highest BCUT2D eigenvalue weighted by Crippen LogP contribution is 2.52. The van der Waals surface area contributed by atoms with Gasteiger partial charge in [0.1, 0.15) is 46.0 Å². The maximum absolute atomic E-state index is 11.1. The zero-order chi connectivity index (χ0) is 28.0. The van der Waals surface area contributed by atoms with Crippen molar-refractivity contribution in [2.75, 3.05) is 27.4 Å². The number of hydrogen-bond acceptors (Lipinski definition) is 8.